The molecule has 3 rings (SSSR count). The minimum Gasteiger partial charge on any atom is -0.347 e. The Bertz CT molecular complexity index is 750. The molecule has 1 aliphatic carbocycles. The third-order valence-electron chi connectivity index (χ3n) is 5.01. The van der Waals surface area contributed by atoms with Gasteiger partial charge in [-0.2, -0.15) is 5.10 Å². The van der Waals surface area contributed by atoms with E-state index in [1.807, 2.05) is 16.8 Å². The van der Waals surface area contributed by atoms with Crippen LogP contribution in [0.1, 0.15) is 59.9 Å². The van der Waals surface area contributed by atoms with Crippen LogP contribution < -0.4 is 11.1 Å². The Morgan fingerprint density at radius 1 is 1.36 bits per heavy atom. The molecule has 25 heavy (non-hydrogen) atoms. The average molecular weight is 340 g/mol. The number of nitrogens with one attached hydrogen (secondary N) is 1. The summed E-state index contributed by atoms with van der Waals surface area (Å²) < 4.78 is 1.97. The van der Waals surface area contributed by atoms with E-state index in [1.165, 1.54) is 5.69 Å². The van der Waals surface area contributed by atoms with Gasteiger partial charge in [0, 0.05) is 23.8 Å². The van der Waals surface area contributed by atoms with Crippen molar-refractivity contribution in [1.29, 1.82) is 0 Å². The molecule has 1 heterocycles. The molecule has 3 N–H and O–H groups in total. The number of benzene rings is 1. The van der Waals surface area contributed by atoms with Crippen molar-refractivity contribution in [1.82, 2.24) is 15.1 Å². The van der Waals surface area contributed by atoms with Gasteiger partial charge in [0.15, 0.2) is 5.69 Å². The SMILES string of the molecule is CCCCC(CN)NC(=O)c1nn(-c2ccccc2C)c2c1CCC2. The Morgan fingerprint density at radius 2 is 2.16 bits per heavy atom. The van der Waals surface area contributed by atoms with Gasteiger partial charge in [0.05, 0.1) is 5.69 Å². The maximum absolute atomic E-state index is 12.8. The van der Waals surface area contributed by atoms with Gasteiger partial charge < -0.3 is 11.1 Å². The normalized spacial score (nSPS) is 14.4. The number of para-hydroxylation sites is 1. The second kappa shape index (κ2) is 7.83. The van der Waals surface area contributed by atoms with Gasteiger partial charge in [0.1, 0.15) is 0 Å². The summed E-state index contributed by atoms with van der Waals surface area (Å²) in [5, 5.41) is 7.78. The molecule has 1 aliphatic rings. The largest absolute Gasteiger partial charge is 0.347 e. The smallest absolute Gasteiger partial charge is 0.272 e. The molecule has 1 aromatic heterocycles. The highest BCUT2D eigenvalue weighted by Gasteiger charge is 2.28. The number of amides is 1. The fourth-order valence-electron chi connectivity index (χ4n) is 3.57. The Hall–Kier alpha value is -2.14. The predicted octanol–water partition coefficient (Wildman–Crippen LogP) is 2.92. The van der Waals surface area contributed by atoms with E-state index >= 15 is 0 Å². The van der Waals surface area contributed by atoms with Crippen LogP contribution in [-0.2, 0) is 12.8 Å². The average Bonchev–Trinajstić information content (AvgIpc) is 3.21. The van der Waals surface area contributed by atoms with E-state index in [0.717, 1.165) is 55.3 Å². The van der Waals surface area contributed by atoms with Crippen molar-refractivity contribution in [2.24, 2.45) is 5.73 Å². The highest BCUT2D eigenvalue weighted by Crippen LogP contribution is 2.28. The number of hydrogen-bond acceptors (Lipinski definition) is 3. The summed E-state index contributed by atoms with van der Waals surface area (Å²) in [6, 6.07) is 8.20. The molecule has 134 valence electrons. The number of hydrogen-bond donors (Lipinski definition) is 2. The minimum atomic E-state index is -0.0861. The lowest BCUT2D eigenvalue weighted by Gasteiger charge is -2.16. The van der Waals surface area contributed by atoms with Crippen LogP contribution in [0.2, 0.25) is 0 Å². The van der Waals surface area contributed by atoms with E-state index in [4.69, 9.17) is 10.8 Å². The second-order valence-corrected chi connectivity index (χ2v) is 6.87. The van der Waals surface area contributed by atoms with Crippen LogP contribution >= 0.6 is 0 Å². The van der Waals surface area contributed by atoms with Crippen molar-refractivity contribution in [3.63, 3.8) is 0 Å². The van der Waals surface area contributed by atoms with Gasteiger partial charge in [0.2, 0.25) is 0 Å². The lowest BCUT2D eigenvalue weighted by molar-refractivity contribution is 0.0929. The first-order chi connectivity index (χ1) is 12.2. The van der Waals surface area contributed by atoms with Crippen molar-refractivity contribution >= 4 is 5.91 Å². The number of rotatable bonds is 7. The van der Waals surface area contributed by atoms with E-state index in [0.29, 0.717) is 12.2 Å². The topological polar surface area (TPSA) is 72.9 Å². The highest BCUT2D eigenvalue weighted by molar-refractivity contribution is 5.94. The molecule has 0 saturated heterocycles. The highest BCUT2D eigenvalue weighted by atomic mass is 16.2. The van der Waals surface area contributed by atoms with Crippen LogP contribution in [0.3, 0.4) is 0 Å². The molecule has 2 aromatic rings. The predicted molar refractivity (Wildman–Crippen MR) is 100 cm³/mol. The fraction of sp³-hybridized carbons (Fsp3) is 0.500. The zero-order valence-corrected chi connectivity index (χ0v) is 15.2. The molecule has 1 unspecified atom stereocenters. The van der Waals surface area contributed by atoms with E-state index < -0.39 is 0 Å². The number of nitrogens with two attached hydrogens (primary N) is 1. The van der Waals surface area contributed by atoms with Crippen molar-refractivity contribution in [2.75, 3.05) is 6.54 Å². The summed E-state index contributed by atoms with van der Waals surface area (Å²) in [5.74, 6) is -0.0861. The molecule has 1 aromatic carbocycles. The van der Waals surface area contributed by atoms with Crippen LogP contribution in [0.15, 0.2) is 24.3 Å². The van der Waals surface area contributed by atoms with Gasteiger partial charge in [-0.3, -0.25) is 4.79 Å². The maximum atomic E-state index is 12.8. The van der Waals surface area contributed by atoms with Gasteiger partial charge in [0.25, 0.3) is 5.91 Å². The quantitative estimate of drug-likeness (QED) is 0.814. The van der Waals surface area contributed by atoms with Crippen LogP contribution in [0.25, 0.3) is 5.69 Å². The molecule has 0 aliphatic heterocycles. The Kier molecular flexibility index (Phi) is 5.53. The molecule has 5 nitrogen and oxygen atoms in total. The molecule has 0 radical (unpaired) electrons. The van der Waals surface area contributed by atoms with Crippen molar-refractivity contribution in [3.8, 4) is 5.69 Å². The molecular formula is C20H28N4O. The standard InChI is InChI=1S/C20H28N4O/c1-3-4-9-15(13-21)22-20(25)19-16-10-7-12-18(16)24(23-19)17-11-6-5-8-14(17)2/h5-6,8,11,15H,3-4,7,9-10,12-13,21H2,1-2H3,(H,22,25). The Balaban J connectivity index is 1.89. The molecular weight excluding hydrogens is 312 g/mol. The van der Waals surface area contributed by atoms with Crippen LogP contribution in [0.5, 0.6) is 0 Å². The number of carbonyl (C=O) groups excluding carboxylic acids is 1. The fourth-order valence-corrected chi connectivity index (χ4v) is 3.57. The third kappa shape index (κ3) is 3.61. The number of aromatic nitrogens is 2. The Morgan fingerprint density at radius 3 is 2.88 bits per heavy atom. The van der Waals surface area contributed by atoms with Gasteiger partial charge in [-0.15, -0.1) is 0 Å². The summed E-state index contributed by atoms with van der Waals surface area (Å²) in [6.07, 6.45) is 6.06. The van der Waals surface area contributed by atoms with E-state index in [1.54, 1.807) is 0 Å². The molecule has 5 heteroatoms. The van der Waals surface area contributed by atoms with E-state index in [9.17, 15) is 4.79 Å². The van der Waals surface area contributed by atoms with Crippen molar-refractivity contribution in [3.05, 3.63) is 46.8 Å². The lowest BCUT2D eigenvalue weighted by atomic mass is 10.1. The third-order valence-corrected chi connectivity index (χ3v) is 5.01. The monoisotopic (exact) mass is 340 g/mol. The number of carbonyl (C=O) groups is 1. The van der Waals surface area contributed by atoms with Crippen LogP contribution in [-0.4, -0.2) is 28.3 Å². The summed E-state index contributed by atoms with van der Waals surface area (Å²) >= 11 is 0. The van der Waals surface area contributed by atoms with Gasteiger partial charge >= 0.3 is 0 Å². The molecule has 0 spiro atoms. The number of aryl methyl sites for hydroxylation is 1. The molecule has 0 bridgehead atoms. The first-order valence-corrected chi connectivity index (χ1v) is 9.33. The van der Waals surface area contributed by atoms with E-state index in [2.05, 4.69) is 31.3 Å². The van der Waals surface area contributed by atoms with Gasteiger partial charge in [-0.1, -0.05) is 38.0 Å². The zero-order valence-electron chi connectivity index (χ0n) is 15.2. The second-order valence-electron chi connectivity index (χ2n) is 6.87. The van der Waals surface area contributed by atoms with Crippen LogP contribution in [0, 0.1) is 6.92 Å². The summed E-state index contributed by atoms with van der Waals surface area (Å²) in [5.41, 5.74) is 10.9. The number of fused-ring (bicyclic) bond motifs is 1. The first kappa shape index (κ1) is 17.7. The minimum absolute atomic E-state index is 0.0214. The number of nitrogens with zero attached hydrogens (tertiary/aromatic N) is 2. The summed E-state index contributed by atoms with van der Waals surface area (Å²) in [4.78, 5) is 12.8. The first-order valence-electron chi connectivity index (χ1n) is 9.33. The van der Waals surface area contributed by atoms with Crippen molar-refractivity contribution < 1.29 is 4.79 Å². The number of unbranched alkanes of at least 4 members (excludes halogenated alkanes) is 1. The van der Waals surface area contributed by atoms with E-state index in [-0.39, 0.29) is 11.9 Å². The van der Waals surface area contributed by atoms with Gasteiger partial charge in [-0.25, -0.2) is 4.68 Å². The molecule has 0 saturated carbocycles. The molecule has 1 atom stereocenters. The lowest BCUT2D eigenvalue weighted by Crippen LogP contribution is -2.40. The Labute approximate surface area is 149 Å². The molecule has 0 fully saturated rings. The summed E-state index contributed by atoms with van der Waals surface area (Å²) in [6.45, 7) is 4.69. The maximum Gasteiger partial charge on any atom is 0.272 e. The van der Waals surface area contributed by atoms with Crippen molar-refractivity contribution in [2.45, 2.75) is 58.4 Å². The van der Waals surface area contributed by atoms with Gasteiger partial charge in [-0.05, 0) is 44.2 Å². The van der Waals surface area contributed by atoms with Crippen LogP contribution in [0.4, 0.5) is 0 Å². The molecule has 1 amide bonds. The summed E-state index contributed by atoms with van der Waals surface area (Å²) in [7, 11) is 0. The zero-order chi connectivity index (χ0) is 17.8.